The van der Waals surface area contributed by atoms with E-state index in [1.54, 1.807) is 29.3 Å². The number of piperazine rings is 1. The van der Waals surface area contributed by atoms with Crippen LogP contribution in [0.1, 0.15) is 15.9 Å². The third kappa shape index (κ3) is 4.65. The Morgan fingerprint density at radius 2 is 1.65 bits per heavy atom. The third-order valence-corrected chi connectivity index (χ3v) is 5.07. The Bertz CT molecular complexity index is 1080. The van der Waals surface area contributed by atoms with Crippen molar-refractivity contribution in [2.45, 2.75) is 6.18 Å². The van der Waals surface area contributed by atoms with Crippen molar-refractivity contribution in [3.63, 3.8) is 0 Å². The summed E-state index contributed by atoms with van der Waals surface area (Å²) in [6.07, 6.45) is -2.84. The number of nitrogens with zero attached hydrogens (tertiary/aromatic N) is 4. The van der Waals surface area contributed by atoms with Crippen LogP contribution in [0, 0.1) is 5.82 Å². The molecular weight excluding hydrogens is 412 g/mol. The number of anilines is 1. The van der Waals surface area contributed by atoms with Crippen LogP contribution in [0.2, 0.25) is 0 Å². The lowest BCUT2D eigenvalue weighted by Gasteiger charge is -2.35. The van der Waals surface area contributed by atoms with Crippen LogP contribution in [-0.4, -0.2) is 47.0 Å². The number of carbonyl (C=O) groups excluding carboxylic acids is 1. The lowest BCUT2D eigenvalue weighted by atomic mass is 10.1. The number of carbonyl (C=O) groups is 1. The molecule has 1 aliphatic heterocycles. The van der Waals surface area contributed by atoms with Crippen LogP contribution in [0.3, 0.4) is 0 Å². The molecule has 9 heteroatoms. The molecule has 31 heavy (non-hydrogen) atoms. The largest absolute Gasteiger partial charge is 0.416 e. The van der Waals surface area contributed by atoms with Crippen molar-refractivity contribution >= 4 is 11.7 Å². The highest BCUT2D eigenvalue weighted by atomic mass is 19.4. The number of aromatic nitrogens is 2. The lowest BCUT2D eigenvalue weighted by Crippen LogP contribution is -2.49. The standard InChI is InChI=1S/C22H18F4N4O/c23-18-3-1-2-16(14-18)20-27-9-8-19(28-20)29-10-12-30(13-11-29)21(31)15-4-6-17(7-5-15)22(24,25)26/h1-9,14H,10-13H2. The fourth-order valence-corrected chi connectivity index (χ4v) is 3.41. The van der Waals surface area contributed by atoms with Crippen molar-refractivity contribution in [1.29, 1.82) is 0 Å². The Hall–Kier alpha value is -3.49. The zero-order valence-electron chi connectivity index (χ0n) is 16.3. The van der Waals surface area contributed by atoms with E-state index in [4.69, 9.17) is 0 Å². The number of alkyl halides is 3. The van der Waals surface area contributed by atoms with Gasteiger partial charge in [-0.15, -0.1) is 0 Å². The van der Waals surface area contributed by atoms with Gasteiger partial charge in [0.15, 0.2) is 5.82 Å². The predicted octanol–water partition coefficient (Wildman–Crippen LogP) is 4.26. The SMILES string of the molecule is O=C(c1ccc(C(F)(F)F)cc1)N1CCN(c2ccnc(-c3cccc(F)c3)n2)CC1. The average Bonchev–Trinajstić information content (AvgIpc) is 2.78. The van der Waals surface area contributed by atoms with E-state index in [2.05, 4.69) is 9.97 Å². The first-order chi connectivity index (χ1) is 14.8. The van der Waals surface area contributed by atoms with Crippen molar-refractivity contribution in [3.8, 4) is 11.4 Å². The van der Waals surface area contributed by atoms with E-state index >= 15 is 0 Å². The Kier molecular flexibility index (Phi) is 5.58. The number of rotatable bonds is 3. The smallest absolute Gasteiger partial charge is 0.353 e. The van der Waals surface area contributed by atoms with Gasteiger partial charge in [0.25, 0.3) is 5.91 Å². The Balaban J connectivity index is 1.42. The molecule has 4 rings (SSSR count). The molecular formula is C22H18F4N4O. The van der Waals surface area contributed by atoms with E-state index < -0.39 is 11.7 Å². The quantitative estimate of drug-likeness (QED) is 0.583. The lowest BCUT2D eigenvalue weighted by molar-refractivity contribution is -0.137. The molecule has 0 N–H and O–H groups in total. The predicted molar refractivity (Wildman–Crippen MR) is 107 cm³/mol. The summed E-state index contributed by atoms with van der Waals surface area (Å²) in [4.78, 5) is 24.9. The van der Waals surface area contributed by atoms with Crippen molar-refractivity contribution in [2.24, 2.45) is 0 Å². The van der Waals surface area contributed by atoms with E-state index in [1.165, 1.54) is 24.3 Å². The van der Waals surface area contributed by atoms with Gasteiger partial charge in [0.05, 0.1) is 5.56 Å². The fraction of sp³-hybridized carbons (Fsp3) is 0.227. The second-order valence-corrected chi connectivity index (χ2v) is 7.10. The number of amides is 1. The van der Waals surface area contributed by atoms with Crippen LogP contribution in [0.5, 0.6) is 0 Å². The molecule has 0 unspecified atom stereocenters. The van der Waals surface area contributed by atoms with E-state index in [-0.39, 0.29) is 17.3 Å². The molecule has 0 spiro atoms. The van der Waals surface area contributed by atoms with Gasteiger partial charge >= 0.3 is 6.18 Å². The first kappa shape index (κ1) is 20.8. The van der Waals surface area contributed by atoms with Gasteiger partial charge in [-0.05, 0) is 42.5 Å². The molecule has 0 atom stereocenters. The maximum atomic E-state index is 13.5. The van der Waals surface area contributed by atoms with Crippen LogP contribution in [0.4, 0.5) is 23.4 Å². The summed E-state index contributed by atoms with van der Waals surface area (Å²) in [6, 6.07) is 12.0. The van der Waals surface area contributed by atoms with E-state index in [1.807, 2.05) is 4.90 Å². The summed E-state index contributed by atoms with van der Waals surface area (Å²) in [6.45, 7) is 1.82. The molecule has 3 aromatic rings. The number of benzene rings is 2. The van der Waals surface area contributed by atoms with Crippen LogP contribution >= 0.6 is 0 Å². The first-order valence-electron chi connectivity index (χ1n) is 9.62. The minimum atomic E-state index is -4.44. The van der Waals surface area contributed by atoms with E-state index in [0.29, 0.717) is 43.4 Å². The Morgan fingerprint density at radius 1 is 0.935 bits per heavy atom. The number of halogens is 4. The highest BCUT2D eigenvalue weighted by molar-refractivity contribution is 5.94. The van der Waals surface area contributed by atoms with Crippen LogP contribution in [-0.2, 0) is 6.18 Å². The monoisotopic (exact) mass is 430 g/mol. The molecule has 0 aliphatic carbocycles. The third-order valence-electron chi connectivity index (χ3n) is 5.07. The zero-order valence-corrected chi connectivity index (χ0v) is 16.3. The molecule has 160 valence electrons. The van der Waals surface area contributed by atoms with Gasteiger partial charge in [0.2, 0.25) is 0 Å². The maximum Gasteiger partial charge on any atom is 0.416 e. The highest BCUT2D eigenvalue weighted by Gasteiger charge is 2.31. The molecule has 5 nitrogen and oxygen atoms in total. The normalized spacial score (nSPS) is 14.6. The van der Waals surface area contributed by atoms with Gasteiger partial charge in [-0.2, -0.15) is 13.2 Å². The van der Waals surface area contributed by atoms with Crippen molar-refractivity contribution in [2.75, 3.05) is 31.1 Å². The molecule has 1 aliphatic rings. The van der Waals surface area contributed by atoms with Crippen LogP contribution < -0.4 is 4.90 Å². The minimum absolute atomic E-state index is 0.219. The van der Waals surface area contributed by atoms with Gasteiger partial charge < -0.3 is 9.80 Å². The Morgan fingerprint density at radius 3 is 2.29 bits per heavy atom. The molecule has 1 saturated heterocycles. The molecule has 2 heterocycles. The second-order valence-electron chi connectivity index (χ2n) is 7.10. The summed E-state index contributed by atoms with van der Waals surface area (Å²) in [7, 11) is 0. The van der Waals surface area contributed by atoms with Crippen LogP contribution in [0.25, 0.3) is 11.4 Å². The summed E-state index contributed by atoms with van der Waals surface area (Å²) >= 11 is 0. The van der Waals surface area contributed by atoms with Gasteiger partial charge in [-0.25, -0.2) is 14.4 Å². The summed E-state index contributed by atoms with van der Waals surface area (Å²) in [5.41, 5.74) is 0.00146. The van der Waals surface area contributed by atoms with Crippen molar-refractivity contribution in [3.05, 3.63) is 77.7 Å². The van der Waals surface area contributed by atoms with E-state index in [9.17, 15) is 22.4 Å². The second kappa shape index (κ2) is 8.33. The molecule has 1 amide bonds. The summed E-state index contributed by atoms with van der Waals surface area (Å²) in [5, 5.41) is 0. The summed E-state index contributed by atoms with van der Waals surface area (Å²) in [5.74, 6) is 0.384. The summed E-state index contributed by atoms with van der Waals surface area (Å²) < 4.78 is 51.6. The van der Waals surface area contributed by atoms with Crippen molar-refractivity contribution in [1.82, 2.24) is 14.9 Å². The average molecular weight is 430 g/mol. The Labute approximate surface area is 176 Å². The molecule has 0 bridgehead atoms. The topological polar surface area (TPSA) is 49.3 Å². The molecule has 0 radical (unpaired) electrons. The van der Waals surface area contributed by atoms with Gasteiger partial charge in [0, 0.05) is 43.5 Å². The molecule has 1 fully saturated rings. The number of hydrogen-bond donors (Lipinski definition) is 0. The highest BCUT2D eigenvalue weighted by Crippen LogP contribution is 2.29. The van der Waals surface area contributed by atoms with Gasteiger partial charge in [-0.1, -0.05) is 12.1 Å². The van der Waals surface area contributed by atoms with Crippen LogP contribution in [0.15, 0.2) is 60.8 Å². The molecule has 2 aromatic carbocycles. The van der Waals surface area contributed by atoms with Crippen molar-refractivity contribution < 1.29 is 22.4 Å². The number of hydrogen-bond acceptors (Lipinski definition) is 4. The first-order valence-corrected chi connectivity index (χ1v) is 9.62. The molecule has 0 saturated carbocycles. The molecule has 1 aromatic heterocycles. The maximum absolute atomic E-state index is 13.5. The zero-order chi connectivity index (χ0) is 22.0. The van der Waals surface area contributed by atoms with Gasteiger partial charge in [0.1, 0.15) is 11.6 Å². The van der Waals surface area contributed by atoms with Gasteiger partial charge in [-0.3, -0.25) is 4.79 Å². The fourth-order valence-electron chi connectivity index (χ4n) is 3.41. The van der Waals surface area contributed by atoms with E-state index in [0.717, 1.165) is 12.1 Å². The minimum Gasteiger partial charge on any atom is -0.353 e.